The molecule has 5 heterocycles. The van der Waals surface area contributed by atoms with Gasteiger partial charge >= 0.3 is 0 Å². The Morgan fingerprint density at radius 3 is 2.78 bits per heavy atom. The van der Waals surface area contributed by atoms with Gasteiger partial charge in [0, 0.05) is 37.5 Å². The minimum Gasteiger partial charge on any atom is -0.357 e. The van der Waals surface area contributed by atoms with Crippen LogP contribution in [0.3, 0.4) is 0 Å². The fourth-order valence-corrected chi connectivity index (χ4v) is 6.22. The maximum Gasteiger partial charge on any atom is 0.157 e. The summed E-state index contributed by atoms with van der Waals surface area (Å²) in [5.74, 6) is 4.85. The number of pyridine rings is 1. The number of nitriles is 1. The van der Waals surface area contributed by atoms with Crippen molar-refractivity contribution in [3.05, 3.63) is 41.0 Å². The molecule has 6 heteroatoms. The molecule has 1 aromatic carbocycles. The average molecular weight is 376 g/mol. The molecule has 2 atom stereocenters. The number of fused-ring (bicyclic) bond motifs is 5. The molecule has 0 aliphatic carbocycles. The number of hydrogen-bond acceptors (Lipinski definition) is 5. The lowest BCUT2D eigenvalue weighted by molar-refractivity contribution is 0.533. The van der Waals surface area contributed by atoms with Gasteiger partial charge in [0.05, 0.1) is 16.6 Å². The number of hydrogen-bond donors (Lipinski definition) is 1. The molecular weight excluding hydrogens is 354 g/mol. The van der Waals surface area contributed by atoms with Crippen molar-refractivity contribution >= 4 is 34.3 Å². The van der Waals surface area contributed by atoms with Crippen LogP contribution < -0.4 is 10.2 Å². The molecule has 2 saturated heterocycles. The number of rotatable bonds is 1. The van der Waals surface area contributed by atoms with Crippen molar-refractivity contribution < 1.29 is 0 Å². The zero-order valence-electron chi connectivity index (χ0n) is 15.1. The Labute approximate surface area is 162 Å². The van der Waals surface area contributed by atoms with Crippen LogP contribution in [0.15, 0.2) is 24.3 Å². The summed E-state index contributed by atoms with van der Waals surface area (Å²) < 4.78 is 2.28. The Morgan fingerprint density at radius 2 is 1.96 bits per heavy atom. The topological polar surface area (TPSA) is 56.4 Å². The number of aromatic nitrogens is 2. The van der Waals surface area contributed by atoms with Gasteiger partial charge in [0.15, 0.2) is 5.65 Å². The summed E-state index contributed by atoms with van der Waals surface area (Å²) in [4.78, 5) is 7.48. The number of para-hydroxylation sites is 2. The van der Waals surface area contributed by atoms with E-state index in [1.165, 1.54) is 16.9 Å². The van der Waals surface area contributed by atoms with Crippen LogP contribution in [-0.2, 0) is 12.2 Å². The molecule has 2 aromatic heterocycles. The molecule has 27 heavy (non-hydrogen) atoms. The Kier molecular flexibility index (Phi) is 3.44. The summed E-state index contributed by atoms with van der Waals surface area (Å²) in [6, 6.07) is 10.8. The van der Waals surface area contributed by atoms with Crippen LogP contribution in [0.25, 0.3) is 16.7 Å². The van der Waals surface area contributed by atoms with Crippen LogP contribution in [0.1, 0.15) is 16.7 Å². The van der Waals surface area contributed by atoms with Crippen LogP contribution in [0.4, 0.5) is 5.82 Å². The summed E-state index contributed by atoms with van der Waals surface area (Å²) >= 11 is 1.99. The molecule has 0 unspecified atom stereocenters. The van der Waals surface area contributed by atoms with Gasteiger partial charge in [-0.15, -0.1) is 0 Å². The van der Waals surface area contributed by atoms with Crippen LogP contribution in [0.2, 0.25) is 0 Å². The third-order valence-corrected chi connectivity index (χ3v) is 7.46. The molecule has 2 fully saturated rings. The fourth-order valence-electron chi connectivity index (χ4n) is 5.22. The molecule has 3 aliphatic heterocycles. The van der Waals surface area contributed by atoms with E-state index in [0.717, 1.165) is 78.2 Å². The fraction of sp³-hybridized carbons (Fsp3) is 0.429. The van der Waals surface area contributed by atoms with E-state index in [4.69, 9.17) is 4.98 Å². The van der Waals surface area contributed by atoms with E-state index in [2.05, 4.69) is 38.9 Å². The van der Waals surface area contributed by atoms with Crippen LogP contribution in [0, 0.1) is 23.2 Å². The molecule has 5 nitrogen and oxygen atoms in total. The Bertz CT molecular complexity index is 1100. The largest absolute Gasteiger partial charge is 0.357 e. The lowest BCUT2D eigenvalue weighted by Crippen LogP contribution is -2.29. The van der Waals surface area contributed by atoms with E-state index in [1.807, 2.05) is 17.8 Å². The van der Waals surface area contributed by atoms with Gasteiger partial charge in [-0.25, -0.2) is 4.98 Å². The SMILES string of the molecule is N#Cc1c2c(c(N3C[C@H]4CNC[C@@H]4C3)n3c1nc1ccccc13)CSCC2. The minimum absolute atomic E-state index is 0.734. The predicted molar refractivity (Wildman–Crippen MR) is 109 cm³/mol. The quantitative estimate of drug-likeness (QED) is 0.709. The smallest absolute Gasteiger partial charge is 0.157 e. The zero-order valence-corrected chi connectivity index (χ0v) is 15.9. The van der Waals surface area contributed by atoms with E-state index in [1.54, 1.807) is 0 Å². The van der Waals surface area contributed by atoms with Crippen LogP contribution in [0.5, 0.6) is 0 Å². The Hall–Kier alpha value is -2.23. The van der Waals surface area contributed by atoms with Gasteiger partial charge < -0.3 is 10.2 Å². The maximum atomic E-state index is 9.97. The molecule has 136 valence electrons. The van der Waals surface area contributed by atoms with E-state index >= 15 is 0 Å². The van der Waals surface area contributed by atoms with Gasteiger partial charge in [-0.2, -0.15) is 17.0 Å². The number of imidazole rings is 1. The molecular formula is C21H21N5S. The van der Waals surface area contributed by atoms with Crippen molar-refractivity contribution in [1.82, 2.24) is 14.7 Å². The van der Waals surface area contributed by atoms with Crippen molar-refractivity contribution in [3.63, 3.8) is 0 Å². The third-order valence-electron chi connectivity index (χ3n) is 6.48. The Balaban J connectivity index is 1.69. The average Bonchev–Trinajstić information content (AvgIpc) is 3.39. The molecule has 0 saturated carbocycles. The second-order valence-electron chi connectivity index (χ2n) is 7.91. The lowest BCUT2D eigenvalue weighted by Gasteiger charge is -2.29. The number of benzene rings is 1. The van der Waals surface area contributed by atoms with E-state index in [9.17, 15) is 5.26 Å². The molecule has 3 aliphatic rings. The minimum atomic E-state index is 0.734. The molecule has 3 aromatic rings. The van der Waals surface area contributed by atoms with Gasteiger partial charge in [-0.3, -0.25) is 4.40 Å². The standard InChI is InChI=1S/C21H21N5S/c22-7-16-15-5-6-27-12-17(15)21(25-10-13-8-23-9-14(13)11-25)26-19-4-2-1-3-18(19)24-20(16)26/h1-4,13-14,23H,5-6,8-12H2/t13-,14-/m1/s1. The normalized spacial score (nSPS) is 24.3. The second-order valence-corrected chi connectivity index (χ2v) is 9.02. The molecule has 0 spiro atoms. The number of anilines is 1. The molecule has 6 rings (SSSR count). The molecule has 0 amide bonds. The van der Waals surface area contributed by atoms with E-state index in [-0.39, 0.29) is 0 Å². The molecule has 1 N–H and O–H groups in total. The first-order valence-electron chi connectivity index (χ1n) is 9.73. The van der Waals surface area contributed by atoms with Crippen molar-refractivity contribution in [2.45, 2.75) is 12.2 Å². The maximum absolute atomic E-state index is 9.97. The van der Waals surface area contributed by atoms with Gasteiger partial charge in [-0.05, 0) is 41.7 Å². The van der Waals surface area contributed by atoms with E-state index < -0.39 is 0 Å². The summed E-state index contributed by atoms with van der Waals surface area (Å²) in [6.45, 7) is 4.45. The summed E-state index contributed by atoms with van der Waals surface area (Å²) in [5.41, 5.74) is 6.33. The number of nitrogens with zero attached hydrogens (tertiary/aromatic N) is 4. The van der Waals surface area contributed by atoms with Gasteiger partial charge in [-0.1, -0.05) is 12.1 Å². The third kappa shape index (κ3) is 2.19. The summed E-state index contributed by atoms with van der Waals surface area (Å²) in [5, 5.41) is 13.5. The van der Waals surface area contributed by atoms with Crippen LogP contribution >= 0.6 is 11.8 Å². The highest BCUT2D eigenvalue weighted by Crippen LogP contribution is 2.41. The van der Waals surface area contributed by atoms with Crippen molar-refractivity contribution in [2.75, 3.05) is 36.8 Å². The summed E-state index contributed by atoms with van der Waals surface area (Å²) in [6.07, 6.45) is 0.970. The monoisotopic (exact) mass is 375 g/mol. The predicted octanol–water partition coefficient (Wildman–Crippen LogP) is 2.80. The van der Waals surface area contributed by atoms with Gasteiger partial charge in [0.2, 0.25) is 0 Å². The van der Waals surface area contributed by atoms with Crippen LogP contribution in [-0.4, -0.2) is 41.3 Å². The lowest BCUT2D eigenvalue weighted by atomic mass is 10.0. The first-order chi connectivity index (χ1) is 13.3. The summed E-state index contributed by atoms with van der Waals surface area (Å²) in [7, 11) is 0. The van der Waals surface area contributed by atoms with Crippen molar-refractivity contribution in [1.29, 1.82) is 5.26 Å². The number of thioether (sulfide) groups is 1. The van der Waals surface area contributed by atoms with Crippen molar-refractivity contribution in [3.8, 4) is 6.07 Å². The Morgan fingerprint density at radius 1 is 1.15 bits per heavy atom. The first-order valence-corrected chi connectivity index (χ1v) is 10.9. The van der Waals surface area contributed by atoms with Gasteiger partial charge in [0.1, 0.15) is 11.9 Å². The zero-order chi connectivity index (χ0) is 18.0. The highest BCUT2D eigenvalue weighted by atomic mass is 32.2. The highest BCUT2D eigenvalue weighted by Gasteiger charge is 2.39. The van der Waals surface area contributed by atoms with E-state index in [0.29, 0.717) is 0 Å². The second kappa shape index (κ2) is 5.88. The molecule has 0 bridgehead atoms. The first kappa shape index (κ1) is 15.8. The highest BCUT2D eigenvalue weighted by molar-refractivity contribution is 7.98. The van der Waals surface area contributed by atoms with Gasteiger partial charge in [0.25, 0.3) is 0 Å². The molecule has 0 radical (unpaired) electrons. The van der Waals surface area contributed by atoms with Crippen molar-refractivity contribution in [2.24, 2.45) is 11.8 Å². The number of nitrogens with one attached hydrogen (secondary N) is 1.